The van der Waals surface area contributed by atoms with Crippen LogP contribution in [0.25, 0.3) is 10.8 Å². The Morgan fingerprint density at radius 3 is 2.35 bits per heavy atom. The van der Waals surface area contributed by atoms with Gasteiger partial charge in [-0.25, -0.2) is 0 Å². The van der Waals surface area contributed by atoms with E-state index in [9.17, 15) is 30.6 Å². The first-order valence-corrected chi connectivity index (χ1v) is 35.8. The van der Waals surface area contributed by atoms with Gasteiger partial charge in [-0.2, -0.15) is 0 Å². The number of nitrogens with one attached hydrogen (secondary N) is 2. The number of aromatic hydroxyl groups is 3. The van der Waals surface area contributed by atoms with Gasteiger partial charge in [-0.3, -0.25) is 4.79 Å². The zero-order chi connectivity index (χ0) is 58.3. The molecule has 1 aromatic heterocycles. The van der Waals surface area contributed by atoms with Crippen molar-refractivity contribution in [1.29, 1.82) is 0 Å². The maximum atomic E-state index is 17.7. The van der Waals surface area contributed by atoms with Crippen molar-refractivity contribution in [3.8, 4) is 28.7 Å². The number of aliphatic hydroxyl groups excluding tert-OH is 3. The van der Waals surface area contributed by atoms with Gasteiger partial charge >= 0.3 is 0 Å². The first-order valence-electron chi connectivity index (χ1n) is 30.9. The van der Waals surface area contributed by atoms with Gasteiger partial charge < -0.3 is 50.4 Å². The van der Waals surface area contributed by atoms with E-state index in [1.165, 1.54) is 25.7 Å². The Labute approximate surface area is 511 Å². The molecule has 2 bridgehead atoms. The van der Waals surface area contributed by atoms with Crippen LogP contribution in [-0.4, -0.2) is 97.7 Å². The molecule has 5 aromatic carbocycles. The Bertz CT molecular complexity index is 3310. The van der Waals surface area contributed by atoms with Crippen LogP contribution in [0.5, 0.6) is 28.7 Å². The molecule has 11 nitrogen and oxygen atoms in total. The quantitative estimate of drug-likeness (QED) is 0.0640. The van der Waals surface area contributed by atoms with Crippen LogP contribution < -0.4 is 14.8 Å². The van der Waals surface area contributed by atoms with E-state index in [1.54, 1.807) is 57.7 Å². The third-order valence-corrected chi connectivity index (χ3v) is 26.5. The van der Waals surface area contributed by atoms with Crippen molar-refractivity contribution >= 4 is 59.7 Å². The Morgan fingerprint density at radius 2 is 1.58 bits per heavy atom. The fourth-order valence-corrected chi connectivity index (χ4v) is 22.4. The number of fused-ring (bicyclic) bond motifs is 5. The second kappa shape index (κ2) is 25.3. The van der Waals surface area contributed by atoms with Gasteiger partial charge in [0, 0.05) is 64.9 Å². The van der Waals surface area contributed by atoms with Gasteiger partial charge in [0.25, 0.3) is 0 Å². The molecule has 4 aliphatic carbocycles. The van der Waals surface area contributed by atoms with Crippen molar-refractivity contribution in [2.45, 2.75) is 157 Å². The zero-order valence-corrected chi connectivity index (χ0v) is 52.1. The molecule has 10 unspecified atom stereocenters. The Morgan fingerprint density at radius 1 is 0.810 bits per heavy atom. The van der Waals surface area contributed by atoms with Crippen molar-refractivity contribution in [1.82, 2.24) is 10.3 Å². The number of methoxy groups -OCH3 is 1. The van der Waals surface area contributed by atoms with E-state index < -0.39 is 46.8 Å². The van der Waals surface area contributed by atoms with E-state index in [1.807, 2.05) is 66.6 Å². The summed E-state index contributed by atoms with van der Waals surface area (Å²) in [6.07, 6.45) is 16.1. The summed E-state index contributed by atoms with van der Waals surface area (Å²) in [5.41, 5.74) is 6.07. The standard InChI is InChI=1S/C69H84N2O9S4/c1-4-42-13-14-43-11-10-12-52-60(37-72)84-83-38-47-30-61(76)69(50-31-49(32-51(73)33-50)68(70-2)23-6-5-7-24-68,55-40-82-81-39-48-35-67(21-8-9-22-67)25-19-58(48)80-59-29-45(55)16-17-56(59)74)66(78)63(47)64(77)46(27-41-20-26-71-36-41)28-44-15-18-57(75)65(79-3)54(44)34-53(42)62(43)52/h10-18,20,26,29,31-33,36,46-48,55,58,60-61,63-64,70-77H,4-9,19,21-25,27-28,30,34-35,37-40H2,1-3H3. The van der Waals surface area contributed by atoms with Crippen LogP contribution >= 0.6 is 43.2 Å². The van der Waals surface area contributed by atoms with Crippen LogP contribution in [0.4, 0.5) is 0 Å². The first kappa shape index (κ1) is 59.9. The summed E-state index contributed by atoms with van der Waals surface area (Å²) < 4.78 is 13.2. The molecular formula is C69H84N2O9S4. The lowest BCUT2D eigenvalue weighted by Crippen LogP contribution is -2.62. The van der Waals surface area contributed by atoms with Crippen LogP contribution in [0.15, 0.2) is 97.3 Å². The smallest absolute Gasteiger partial charge is 0.164 e. The molecule has 8 N–H and O–H groups in total. The highest BCUT2D eigenvalue weighted by Crippen LogP contribution is 2.59. The summed E-state index contributed by atoms with van der Waals surface area (Å²) in [7, 11) is 10.2. The van der Waals surface area contributed by atoms with Gasteiger partial charge in [0.1, 0.15) is 11.9 Å². The lowest BCUT2D eigenvalue weighted by molar-refractivity contribution is -0.150. The number of phenolic OH excluding ortho intramolecular Hbond substituents is 3. The van der Waals surface area contributed by atoms with Crippen LogP contribution in [0.3, 0.4) is 0 Å². The number of carbonyl (C=O) groups excluding carboxylic acids is 1. The summed E-state index contributed by atoms with van der Waals surface area (Å²) in [4.78, 5) is 20.9. The topological polar surface area (TPSA) is 185 Å². The minimum Gasteiger partial charge on any atom is -0.508 e. The maximum Gasteiger partial charge on any atom is 0.164 e. The molecule has 448 valence electrons. The number of rotatable bonds is 9. The maximum absolute atomic E-state index is 17.7. The summed E-state index contributed by atoms with van der Waals surface area (Å²) >= 11 is 0. The number of phenols is 3. The number of aromatic amines is 1. The third-order valence-electron chi connectivity index (χ3n) is 21.1. The summed E-state index contributed by atoms with van der Waals surface area (Å²) in [6.45, 7) is 2.00. The van der Waals surface area contributed by atoms with Crippen molar-refractivity contribution < 1.29 is 44.9 Å². The highest BCUT2D eigenvalue weighted by molar-refractivity contribution is 8.77. The van der Waals surface area contributed by atoms with Gasteiger partial charge in [0.2, 0.25) is 0 Å². The number of hydrogen-bond acceptors (Lipinski definition) is 14. The predicted molar refractivity (Wildman–Crippen MR) is 343 cm³/mol. The molecule has 0 radical (unpaired) electrons. The average molecular weight is 1210 g/mol. The van der Waals surface area contributed by atoms with E-state index in [2.05, 4.69) is 47.6 Å². The largest absolute Gasteiger partial charge is 0.508 e. The van der Waals surface area contributed by atoms with E-state index in [0.717, 1.165) is 119 Å². The predicted octanol–water partition coefficient (Wildman–Crippen LogP) is 13.8. The number of hydrogen-bond donors (Lipinski definition) is 8. The molecule has 12 rings (SSSR count). The van der Waals surface area contributed by atoms with Gasteiger partial charge in [0.05, 0.1) is 36.6 Å². The van der Waals surface area contributed by atoms with Crippen molar-refractivity contribution in [2.75, 3.05) is 38.0 Å². The molecule has 0 amide bonds. The Hall–Kier alpha value is -4.45. The van der Waals surface area contributed by atoms with Crippen LogP contribution in [0.1, 0.15) is 152 Å². The lowest BCUT2D eigenvalue weighted by Gasteiger charge is -2.53. The fraction of sp³-hybridized carbons (Fsp3) is 0.522. The van der Waals surface area contributed by atoms with Crippen LogP contribution in [-0.2, 0) is 41.4 Å². The summed E-state index contributed by atoms with van der Waals surface area (Å²) in [5, 5.41) is 80.5. The summed E-state index contributed by atoms with van der Waals surface area (Å²) in [5.74, 6) is -0.461. The molecule has 1 spiro atoms. The highest BCUT2D eigenvalue weighted by atomic mass is 33.1. The Balaban J connectivity index is 1.05. The number of aliphatic hydroxyl groups is 3. The molecular weight excluding hydrogens is 1130 g/mol. The summed E-state index contributed by atoms with van der Waals surface area (Å²) in [6, 6.07) is 27.4. The minimum absolute atomic E-state index is 0.00683. The van der Waals surface area contributed by atoms with E-state index in [0.29, 0.717) is 53.2 Å². The van der Waals surface area contributed by atoms with Gasteiger partial charge in [-0.15, -0.1) is 0 Å². The molecule has 4 fully saturated rings. The second-order valence-electron chi connectivity index (χ2n) is 25.5. The highest BCUT2D eigenvalue weighted by Gasteiger charge is 2.62. The molecule has 10 atom stereocenters. The molecule has 0 saturated heterocycles. The molecule has 6 aromatic rings. The normalized spacial score (nSPS) is 29.1. The van der Waals surface area contributed by atoms with Gasteiger partial charge in [-0.1, -0.05) is 131 Å². The van der Waals surface area contributed by atoms with Gasteiger partial charge in [0.15, 0.2) is 28.8 Å². The minimum atomic E-state index is -1.73. The fourth-order valence-electron chi connectivity index (χ4n) is 16.7. The number of ketones is 1. The number of benzene rings is 5. The second-order valence-corrected chi connectivity index (χ2v) is 30.7. The number of H-pyrrole nitrogens is 1. The molecule has 4 saturated carbocycles. The van der Waals surface area contributed by atoms with E-state index in [-0.39, 0.29) is 53.3 Å². The number of carbonyl (C=O) groups is 1. The van der Waals surface area contributed by atoms with Crippen molar-refractivity contribution in [3.05, 3.63) is 147 Å². The third kappa shape index (κ3) is 11.2. The Kier molecular flexibility index (Phi) is 18.1. The zero-order valence-electron chi connectivity index (χ0n) is 48.8. The number of Topliss-reactive ketones (excluding diaryl/α,β-unsaturated/α-hetero) is 1. The first-order chi connectivity index (χ1) is 40.8. The molecule has 84 heavy (non-hydrogen) atoms. The van der Waals surface area contributed by atoms with Crippen LogP contribution in [0.2, 0.25) is 0 Å². The van der Waals surface area contributed by atoms with Crippen molar-refractivity contribution in [3.63, 3.8) is 0 Å². The lowest BCUT2D eigenvalue weighted by atomic mass is 9.52. The number of ether oxygens (including phenoxy) is 2. The molecule has 3 heterocycles. The molecule has 6 aliphatic rings. The molecule has 2 aliphatic heterocycles. The average Bonchev–Trinajstić information content (AvgIpc) is 0.918. The number of aryl methyl sites for hydroxylation is 1. The van der Waals surface area contributed by atoms with E-state index in [4.69, 9.17) is 9.47 Å². The van der Waals surface area contributed by atoms with Crippen LogP contribution in [0, 0.1) is 29.1 Å². The molecule has 15 heteroatoms. The van der Waals surface area contributed by atoms with Gasteiger partial charge in [-0.05, 0) is 187 Å². The monoisotopic (exact) mass is 1210 g/mol. The number of aromatic nitrogens is 1. The van der Waals surface area contributed by atoms with E-state index >= 15 is 4.79 Å². The van der Waals surface area contributed by atoms with Crippen molar-refractivity contribution in [2.24, 2.45) is 29.1 Å². The SMILES string of the molecule is CCc1ccc2cccc3c2c1Cc1c(ccc(O)c1OC)CC(Cc1cc[nH]c1)C(O)C1C(=O)C(c2cc(O)cc(C4(NC)CCCCC4)c2)(C2CSSCC4CC5(CCCC5)CCC4Oc4cc2ccc4O)C(O)CC1CSSC3CO.